The molecule has 1 N–H and O–H groups in total. The Bertz CT molecular complexity index is 1320. The number of aromatic nitrogens is 2. The molecule has 1 fully saturated rings. The van der Waals surface area contributed by atoms with E-state index in [0.29, 0.717) is 36.9 Å². The van der Waals surface area contributed by atoms with Crippen molar-refractivity contribution in [3.05, 3.63) is 88.1 Å². The van der Waals surface area contributed by atoms with Gasteiger partial charge in [0.15, 0.2) is 0 Å². The molecule has 0 spiro atoms. The molecule has 1 saturated heterocycles. The molecule has 0 unspecified atom stereocenters. The summed E-state index contributed by atoms with van der Waals surface area (Å²) >= 11 is 7.82. The van der Waals surface area contributed by atoms with Gasteiger partial charge < -0.3 is 14.8 Å². The van der Waals surface area contributed by atoms with Crippen LogP contribution in [0.25, 0.3) is 10.2 Å². The molecule has 3 aromatic heterocycles. The summed E-state index contributed by atoms with van der Waals surface area (Å²) in [6.45, 7) is 2.08. The molecule has 174 valence electrons. The van der Waals surface area contributed by atoms with E-state index in [2.05, 4.69) is 14.9 Å². The molecule has 4 heterocycles. The van der Waals surface area contributed by atoms with E-state index in [4.69, 9.17) is 11.6 Å². The summed E-state index contributed by atoms with van der Waals surface area (Å²) in [6, 6.07) is 15.5. The number of benzene rings is 1. The van der Waals surface area contributed by atoms with Gasteiger partial charge in [0.2, 0.25) is 5.91 Å². The number of carbonyl (C=O) groups excluding carboxylic acids is 2. The van der Waals surface area contributed by atoms with Crippen molar-refractivity contribution < 1.29 is 9.59 Å². The molecule has 2 amide bonds. The van der Waals surface area contributed by atoms with E-state index >= 15 is 0 Å². The second-order valence-corrected chi connectivity index (χ2v) is 9.93. The summed E-state index contributed by atoms with van der Waals surface area (Å²) in [5.41, 5.74) is 2.65. The number of piperidine rings is 1. The number of fused-ring (bicyclic) bond motifs is 1. The van der Waals surface area contributed by atoms with Gasteiger partial charge in [0.05, 0.1) is 5.92 Å². The van der Waals surface area contributed by atoms with Crippen LogP contribution in [0.2, 0.25) is 5.02 Å². The van der Waals surface area contributed by atoms with Crippen molar-refractivity contribution in [2.75, 3.05) is 13.1 Å². The summed E-state index contributed by atoms with van der Waals surface area (Å²) in [5.74, 6) is -0.265. The Hall–Kier alpha value is -3.16. The number of thiophene rings is 1. The van der Waals surface area contributed by atoms with Crippen LogP contribution in [0.5, 0.6) is 0 Å². The molecule has 6 nitrogen and oxygen atoms in total. The number of hydrogen-bond acceptors (Lipinski definition) is 4. The normalized spacial score (nSPS) is 16.0. The van der Waals surface area contributed by atoms with Gasteiger partial charge in [-0.05, 0) is 59.7 Å². The first-order chi connectivity index (χ1) is 16.6. The summed E-state index contributed by atoms with van der Waals surface area (Å²) in [5, 5.41) is 6.77. The molecule has 0 radical (unpaired) electrons. The molecule has 8 heteroatoms. The van der Waals surface area contributed by atoms with E-state index in [0.717, 1.165) is 34.2 Å². The summed E-state index contributed by atoms with van der Waals surface area (Å²) in [4.78, 5) is 33.4. The average molecular weight is 493 g/mol. The lowest BCUT2D eigenvalue weighted by molar-refractivity contribution is -0.126. The second kappa shape index (κ2) is 9.99. The maximum absolute atomic E-state index is 13.6. The van der Waals surface area contributed by atoms with Crippen LogP contribution < -0.4 is 5.32 Å². The SMILES string of the molecule is O=C(NCc1cccnc1)[C@@H]1CCCN(C(=O)c2cc3ccsc3n2Cc2cccc(Cl)c2)C1. The highest BCUT2D eigenvalue weighted by Gasteiger charge is 2.30. The first-order valence-corrected chi connectivity index (χ1v) is 12.6. The predicted molar refractivity (Wildman–Crippen MR) is 135 cm³/mol. The van der Waals surface area contributed by atoms with Crippen LogP contribution in [0.3, 0.4) is 0 Å². The van der Waals surface area contributed by atoms with Gasteiger partial charge >= 0.3 is 0 Å². The third-order valence-electron chi connectivity index (χ3n) is 6.22. The Kier molecular flexibility index (Phi) is 6.65. The third-order valence-corrected chi connectivity index (χ3v) is 7.41. The fraction of sp³-hybridized carbons (Fsp3) is 0.269. The minimum atomic E-state index is -0.216. The lowest BCUT2D eigenvalue weighted by Crippen LogP contribution is -2.45. The Balaban J connectivity index is 1.32. The van der Waals surface area contributed by atoms with Gasteiger partial charge in [0, 0.05) is 49.0 Å². The van der Waals surface area contributed by atoms with E-state index in [1.54, 1.807) is 23.7 Å². The van der Waals surface area contributed by atoms with Crippen LogP contribution >= 0.6 is 22.9 Å². The van der Waals surface area contributed by atoms with Gasteiger partial charge in [-0.25, -0.2) is 0 Å². The molecule has 1 aliphatic rings. The zero-order chi connectivity index (χ0) is 23.5. The quantitative estimate of drug-likeness (QED) is 0.413. The highest BCUT2D eigenvalue weighted by molar-refractivity contribution is 7.16. The average Bonchev–Trinajstić information content (AvgIpc) is 3.45. The van der Waals surface area contributed by atoms with Crippen LogP contribution in [0.1, 0.15) is 34.5 Å². The van der Waals surface area contributed by atoms with E-state index in [-0.39, 0.29) is 17.7 Å². The lowest BCUT2D eigenvalue weighted by Gasteiger charge is -2.32. The highest BCUT2D eigenvalue weighted by atomic mass is 35.5. The number of nitrogens with one attached hydrogen (secondary N) is 1. The van der Waals surface area contributed by atoms with Crippen LogP contribution in [0, 0.1) is 5.92 Å². The molecular weight excluding hydrogens is 468 g/mol. The standard InChI is InChI=1S/C26H25ClN4O2S/c27-22-7-1-4-18(12-22)16-31-23(13-20-8-11-34-26(20)31)25(33)30-10-3-6-21(17-30)24(32)29-15-19-5-2-9-28-14-19/h1-2,4-5,7-9,11-14,21H,3,6,10,15-17H2,(H,29,32)/t21-/m1/s1. The lowest BCUT2D eigenvalue weighted by atomic mass is 9.96. The molecule has 0 saturated carbocycles. The van der Waals surface area contributed by atoms with Gasteiger partial charge in [0.1, 0.15) is 10.5 Å². The number of pyridine rings is 1. The molecular formula is C26H25ClN4O2S. The van der Waals surface area contributed by atoms with Crippen molar-refractivity contribution in [1.82, 2.24) is 19.8 Å². The summed E-state index contributed by atoms with van der Waals surface area (Å²) < 4.78 is 2.07. The third kappa shape index (κ3) is 4.86. The van der Waals surface area contributed by atoms with Crippen molar-refractivity contribution in [2.24, 2.45) is 5.92 Å². The number of carbonyl (C=O) groups is 2. The smallest absolute Gasteiger partial charge is 0.270 e. The number of rotatable bonds is 6. The minimum Gasteiger partial charge on any atom is -0.352 e. The minimum absolute atomic E-state index is 0.0170. The number of amides is 2. The van der Waals surface area contributed by atoms with Gasteiger partial charge in [0.25, 0.3) is 5.91 Å². The van der Waals surface area contributed by atoms with E-state index < -0.39 is 0 Å². The predicted octanol–water partition coefficient (Wildman–Crippen LogP) is 4.97. The zero-order valence-corrected chi connectivity index (χ0v) is 20.2. The first-order valence-electron chi connectivity index (χ1n) is 11.4. The summed E-state index contributed by atoms with van der Waals surface area (Å²) in [6.07, 6.45) is 5.04. The zero-order valence-electron chi connectivity index (χ0n) is 18.6. The largest absolute Gasteiger partial charge is 0.352 e. The number of halogens is 1. The van der Waals surface area contributed by atoms with Crippen molar-refractivity contribution in [2.45, 2.75) is 25.9 Å². The molecule has 1 atom stereocenters. The van der Waals surface area contributed by atoms with E-state index in [9.17, 15) is 9.59 Å². The summed E-state index contributed by atoms with van der Waals surface area (Å²) in [7, 11) is 0. The molecule has 34 heavy (non-hydrogen) atoms. The molecule has 0 aliphatic carbocycles. The van der Waals surface area contributed by atoms with Crippen LogP contribution in [-0.2, 0) is 17.9 Å². The molecule has 5 rings (SSSR count). The fourth-order valence-corrected chi connectivity index (χ4v) is 5.61. The Morgan fingerprint density at radius 3 is 2.85 bits per heavy atom. The van der Waals surface area contributed by atoms with Crippen LogP contribution in [-0.4, -0.2) is 39.4 Å². The molecule has 0 bridgehead atoms. The van der Waals surface area contributed by atoms with E-state index in [1.165, 1.54) is 0 Å². The van der Waals surface area contributed by atoms with Gasteiger partial charge in [-0.3, -0.25) is 14.6 Å². The maximum atomic E-state index is 13.6. The van der Waals surface area contributed by atoms with Crippen molar-refractivity contribution in [3.63, 3.8) is 0 Å². The van der Waals surface area contributed by atoms with Crippen LogP contribution in [0.4, 0.5) is 0 Å². The fourth-order valence-electron chi connectivity index (χ4n) is 4.50. The van der Waals surface area contributed by atoms with Crippen LogP contribution in [0.15, 0.2) is 66.3 Å². The monoisotopic (exact) mass is 492 g/mol. The molecule has 1 aromatic carbocycles. The number of nitrogens with zero attached hydrogens (tertiary/aromatic N) is 3. The maximum Gasteiger partial charge on any atom is 0.270 e. The van der Waals surface area contributed by atoms with Gasteiger partial charge in [-0.1, -0.05) is 29.8 Å². The molecule has 4 aromatic rings. The first kappa shape index (κ1) is 22.6. The van der Waals surface area contributed by atoms with Crippen molar-refractivity contribution >= 4 is 45.0 Å². The number of hydrogen-bond donors (Lipinski definition) is 1. The van der Waals surface area contributed by atoms with E-state index in [1.807, 2.05) is 58.8 Å². The topological polar surface area (TPSA) is 67.2 Å². The number of likely N-dealkylation sites (tertiary alicyclic amines) is 1. The van der Waals surface area contributed by atoms with Gasteiger partial charge in [-0.2, -0.15) is 0 Å². The molecule has 1 aliphatic heterocycles. The van der Waals surface area contributed by atoms with Crippen molar-refractivity contribution in [1.29, 1.82) is 0 Å². The Labute approximate surface area is 207 Å². The highest BCUT2D eigenvalue weighted by Crippen LogP contribution is 2.29. The van der Waals surface area contributed by atoms with Gasteiger partial charge in [-0.15, -0.1) is 11.3 Å². The van der Waals surface area contributed by atoms with Crippen molar-refractivity contribution in [3.8, 4) is 0 Å². The Morgan fingerprint density at radius 2 is 2.03 bits per heavy atom. The second-order valence-electron chi connectivity index (χ2n) is 8.60. The Morgan fingerprint density at radius 1 is 1.15 bits per heavy atom.